The molecule has 0 bridgehead atoms. The highest BCUT2D eigenvalue weighted by molar-refractivity contribution is 7.91. The number of hydrogen-bond acceptors (Lipinski definition) is 4. The summed E-state index contributed by atoms with van der Waals surface area (Å²) in [5, 5.41) is 0. The van der Waals surface area contributed by atoms with Crippen LogP contribution in [-0.4, -0.2) is 25.9 Å². The van der Waals surface area contributed by atoms with Crippen molar-refractivity contribution < 1.29 is 13.2 Å². The summed E-state index contributed by atoms with van der Waals surface area (Å²) in [5.41, 5.74) is 3.54. The third-order valence-corrected chi connectivity index (χ3v) is 6.08. The van der Waals surface area contributed by atoms with Crippen LogP contribution in [0.4, 0.5) is 11.4 Å². The zero-order valence-corrected chi connectivity index (χ0v) is 16.6. The van der Waals surface area contributed by atoms with Crippen LogP contribution in [0.2, 0.25) is 0 Å². The van der Waals surface area contributed by atoms with Crippen LogP contribution in [0.15, 0.2) is 73.1 Å². The number of carbonyl (C=O) groups excluding carboxylic acids is 1. The van der Waals surface area contributed by atoms with Crippen molar-refractivity contribution in [3.8, 4) is 0 Å². The Morgan fingerprint density at radius 1 is 1.07 bits per heavy atom. The van der Waals surface area contributed by atoms with Gasteiger partial charge in [-0.05, 0) is 54.3 Å². The molecule has 1 aliphatic rings. The monoisotopic (exact) mass is 407 g/mol. The lowest BCUT2D eigenvalue weighted by atomic mass is 10.0. The second kappa shape index (κ2) is 8.05. The van der Waals surface area contributed by atoms with Crippen molar-refractivity contribution in [1.29, 1.82) is 0 Å². The summed E-state index contributed by atoms with van der Waals surface area (Å²) in [6.45, 7) is 0.625. The van der Waals surface area contributed by atoms with E-state index in [2.05, 4.69) is 9.71 Å². The number of anilines is 2. The van der Waals surface area contributed by atoms with Gasteiger partial charge in [0.2, 0.25) is 10.0 Å². The van der Waals surface area contributed by atoms with E-state index in [1.165, 1.54) is 0 Å². The van der Waals surface area contributed by atoms with E-state index in [4.69, 9.17) is 0 Å². The maximum atomic E-state index is 12.9. The molecule has 1 N–H and O–H groups in total. The predicted molar refractivity (Wildman–Crippen MR) is 113 cm³/mol. The maximum Gasteiger partial charge on any atom is 0.259 e. The second-order valence-electron chi connectivity index (χ2n) is 6.99. The molecule has 148 valence electrons. The zero-order chi connectivity index (χ0) is 20.3. The van der Waals surface area contributed by atoms with Crippen molar-refractivity contribution in [1.82, 2.24) is 4.98 Å². The number of benzene rings is 2. The summed E-state index contributed by atoms with van der Waals surface area (Å²) in [5.74, 6) is -0.187. The Morgan fingerprint density at radius 3 is 2.66 bits per heavy atom. The van der Waals surface area contributed by atoms with Crippen molar-refractivity contribution in [2.24, 2.45) is 0 Å². The van der Waals surface area contributed by atoms with Crippen LogP contribution in [0, 0.1) is 0 Å². The minimum Gasteiger partial charge on any atom is -0.308 e. The van der Waals surface area contributed by atoms with Crippen LogP contribution >= 0.6 is 0 Å². The molecule has 7 heteroatoms. The van der Waals surface area contributed by atoms with Gasteiger partial charge < -0.3 is 4.90 Å². The lowest BCUT2D eigenvalue weighted by Gasteiger charge is -2.30. The number of aromatic nitrogens is 1. The summed E-state index contributed by atoms with van der Waals surface area (Å²) in [7, 11) is -3.53. The van der Waals surface area contributed by atoms with E-state index in [9.17, 15) is 13.2 Å². The highest BCUT2D eigenvalue weighted by Crippen LogP contribution is 2.31. The first kappa shape index (κ1) is 19.1. The molecule has 3 aromatic rings. The number of fused-ring (bicyclic) bond motifs is 1. The maximum absolute atomic E-state index is 12.9. The number of nitrogens with one attached hydrogen (secondary N) is 1. The molecule has 29 heavy (non-hydrogen) atoms. The van der Waals surface area contributed by atoms with Gasteiger partial charge in [0, 0.05) is 30.3 Å². The van der Waals surface area contributed by atoms with E-state index in [0.29, 0.717) is 17.8 Å². The van der Waals surface area contributed by atoms with Crippen LogP contribution in [0.3, 0.4) is 0 Å². The number of pyridine rings is 1. The van der Waals surface area contributed by atoms with E-state index in [1.807, 2.05) is 30.3 Å². The first-order chi connectivity index (χ1) is 14.0. The average molecular weight is 407 g/mol. The quantitative estimate of drug-likeness (QED) is 0.701. The van der Waals surface area contributed by atoms with Crippen LogP contribution in [-0.2, 0) is 22.2 Å². The van der Waals surface area contributed by atoms with Crippen LogP contribution in [0.25, 0.3) is 0 Å². The second-order valence-corrected chi connectivity index (χ2v) is 8.71. The van der Waals surface area contributed by atoms with Gasteiger partial charge >= 0.3 is 0 Å². The van der Waals surface area contributed by atoms with Gasteiger partial charge in [-0.3, -0.25) is 14.5 Å². The number of carbonyl (C=O) groups is 1. The van der Waals surface area contributed by atoms with Gasteiger partial charge in [0.15, 0.2) is 0 Å². The topological polar surface area (TPSA) is 79.4 Å². The summed E-state index contributed by atoms with van der Waals surface area (Å²) in [6.07, 6.45) is 4.80. The molecule has 1 amide bonds. The summed E-state index contributed by atoms with van der Waals surface area (Å²) < 4.78 is 27.7. The molecule has 4 rings (SSSR count). The number of nitrogens with zero attached hydrogens (tertiary/aromatic N) is 2. The lowest BCUT2D eigenvalue weighted by molar-refractivity contribution is 0.0984. The number of aryl methyl sites for hydroxylation is 1. The van der Waals surface area contributed by atoms with E-state index < -0.39 is 10.0 Å². The summed E-state index contributed by atoms with van der Waals surface area (Å²) >= 11 is 0. The Bertz CT molecular complexity index is 1120. The Hall–Kier alpha value is -3.19. The fraction of sp³-hybridized carbons (Fsp3) is 0.182. The molecule has 1 aromatic heterocycles. The molecule has 0 radical (unpaired) electrons. The largest absolute Gasteiger partial charge is 0.308 e. The Morgan fingerprint density at radius 2 is 1.90 bits per heavy atom. The molecule has 0 fully saturated rings. The average Bonchev–Trinajstić information content (AvgIpc) is 2.73. The van der Waals surface area contributed by atoms with Gasteiger partial charge in [-0.2, -0.15) is 0 Å². The third-order valence-electron chi connectivity index (χ3n) is 4.82. The van der Waals surface area contributed by atoms with Gasteiger partial charge in [-0.25, -0.2) is 8.42 Å². The Labute approximate surface area is 170 Å². The lowest BCUT2D eigenvalue weighted by Crippen LogP contribution is -2.35. The van der Waals surface area contributed by atoms with E-state index in [-0.39, 0.29) is 11.7 Å². The highest BCUT2D eigenvalue weighted by Gasteiger charge is 2.24. The summed E-state index contributed by atoms with van der Waals surface area (Å²) in [4.78, 5) is 18.6. The van der Waals surface area contributed by atoms with E-state index in [0.717, 1.165) is 29.7 Å². The van der Waals surface area contributed by atoms with Gasteiger partial charge in [0.25, 0.3) is 5.91 Å². The Kier molecular flexibility index (Phi) is 5.31. The molecular weight excluding hydrogens is 386 g/mol. The zero-order valence-electron chi connectivity index (χ0n) is 15.8. The van der Waals surface area contributed by atoms with E-state index in [1.54, 1.807) is 47.6 Å². The molecule has 2 aromatic carbocycles. The van der Waals surface area contributed by atoms with Crippen LogP contribution < -0.4 is 9.62 Å². The molecule has 0 aliphatic carbocycles. The SMILES string of the molecule is O=C(c1cccnc1)N1CCCc2cc(NS(=O)(=O)Cc3ccccc3)ccc21. The van der Waals surface area contributed by atoms with Crippen molar-refractivity contribution in [2.75, 3.05) is 16.2 Å². The van der Waals surface area contributed by atoms with E-state index >= 15 is 0 Å². The molecule has 0 saturated heterocycles. The molecule has 6 nitrogen and oxygen atoms in total. The number of sulfonamides is 1. The molecule has 0 unspecified atom stereocenters. The molecule has 1 aliphatic heterocycles. The normalized spacial score (nSPS) is 13.6. The van der Waals surface area contributed by atoms with Crippen molar-refractivity contribution in [3.05, 3.63) is 89.7 Å². The molecule has 0 saturated carbocycles. The van der Waals surface area contributed by atoms with Crippen molar-refractivity contribution in [2.45, 2.75) is 18.6 Å². The van der Waals surface area contributed by atoms with Crippen LogP contribution in [0.5, 0.6) is 0 Å². The highest BCUT2D eigenvalue weighted by atomic mass is 32.2. The fourth-order valence-corrected chi connectivity index (χ4v) is 4.72. The van der Waals surface area contributed by atoms with Gasteiger partial charge in [0.1, 0.15) is 0 Å². The standard InChI is InChI=1S/C22H21N3O3S/c26-22(19-8-4-12-23-15-19)25-13-5-9-18-14-20(10-11-21(18)25)24-29(27,28)16-17-6-2-1-3-7-17/h1-4,6-8,10-12,14-15,24H,5,9,13,16H2. The fourth-order valence-electron chi connectivity index (χ4n) is 3.53. The predicted octanol–water partition coefficient (Wildman–Crippen LogP) is 3.62. The first-order valence-corrected chi connectivity index (χ1v) is 11.1. The smallest absolute Gasteiger partial charge is 0.259 e. The summed E-state index contributed by atoms with van der Waals surface area (Å²) in [6, 6.07) is 17.9. The van der Waals surface area contributed by atoms with Gasteiger partial charge in [0.05, 0.1) is 11.3 Å². The van der Waals surface area contributed by atoms with Crippen molar-refractivity contribution >= 4 is 27.3 Å². The number of hydrogen-bond donors (Lipinski definition) is 1. The molecule has 0 spiro atoms. The molecule has 0 atom stereocenters. The third kappa shape index (κ3) is 4.46. The first-order valence-electron chi connectivity index (χ1n) is 9.41. The molecule has 2 heterocycles. The van der Waals surface area contributed by atoms with Gasteiger partial charge in [-0.15, -0.1) is 0 Å². The van der Waals surface area contributed by atoms with Gasteiger partial charge in [-0.1, -0.05) is 30.3 Å². The Balaban J connectivity index is 1.55. The van der Waals surface area contributed by atoms with Crippen LogP contribution in [0.1, 0.15) is 27.9 Å². The van der Waals surface area contributed by atoms with Crippen molar-refractivity contribution in [3.63, 3.8) is 0 Å². The minimum absolute atomic E-state index is 0.0868. The number of rotatable bonds is 5. The molecular formula is C22H21N3O3S. The minimum atomic E-state index is -3.53. The number of amides is 1.